The molecule has 33 heavy (non-hydrogen) atoms. The van der Waals surface area contributed by atoms with Crippen molar-refractivity contribution in [2.75, 3.05) is 43.1 Å². The summed E-state index contributed by atoms with van der Waals surface area (Å²) in [6.07, 6.45) is 0. The van der Waals surface area contributed by atoms with Crippen LogP contribution in [0.5, 0.6) is 0 Å². The number of aromatic nitrogens is 3. The van der Waals surface area contributed by atoms with Crippen LogP contribution in [-0.2, 0) is 14.3 Å². The average molecular weight is 470 g/mol. The third-order valence-electron chi connectivity index (χ3n) is 5.11. The molecule has 4 rings (SSSR count). The summed E-state index contributed by atoms with van der Waals surface area (Å²) in [4.78, 5) is 31.3. The number of esters is 1. The molecule has 1 amide bonds. The van der Waals surface area contributed by atoms with E-state index in [1.54, 1.807) is 28.9 Å². The van der Waals surface area contributed by atoms with Gasteiger partial charge in [0, 0.05) is 30.2 Å². The number of halogens is 1. The molecular formula is C23H24ClN5O4. The molecule has 0 radical (unpaired) electrons. The fraction of sp³-hybridized carbons (Fsp3) is 0.304. The molecule has 172 valence electrons. The van der Waals surface area contributed by atoms with Crippen LogP contribution >= 0.6 is 11.6 Å². The van der Waals surface area contributed by atoms with E-state index in [4.69, 9.17) is 21.1 Å². The number of nitrogens with zero attached hydrogens (tertiary/aromatic N) is 4. The van der Waals surface area contributed by atoms with Crippen molar-refractivity contribution in [3.63, 3.8) is 0 Å². The van der Waals surface area contributed by atoms with Crippen LogP contribution < -0.4 is 10.2 Å². The lowest BCUT2D eigenvalue weighted by Crippen LogP contribution is -2.36. The van der Waals surface area contributed by atoms with E-state index in [1.807, 2.05) is 32.0 Å². The fourth-order valence-corrected chi connectivity index (χ4v) is 3.71. The standard InChI is InChI=1S/C23H24ClN5O4/c1-15-13-16(2)29(27-15)20-8-7-19(24)22(26-20)23(31)33-14-21(30)25-17-3-5-18(6-4-17)28-9-11-32-12-10-28/h3-8,13H,9-12,14H2,1-2H3,(H,25,30). The van der Waals surface area contributed by atoms with Crippen molar-refractivity contribution in [2.24, 2.45) is 0 Å². The Kier molecular flexibility index (Phi) is 6.90. The van der Waals surface area contributed by atoms with Gasteiger partial charge in [-0.25, -0.2) is 14.5 Å². The van der Waals surface area contributed by atoms with Crippen LogP contribution in [0, 0.1) is 13.8 Å². The molecule has 0 saturated carbocycles. The summed E-state index contributed by atoms with van der Waals surface area (Å²) in [7, 11) is 0. The number of carbonyl (C=O) groups is 2. The maximum Gasteiger partial charge on any atom is 0.359 e. The molecule has 3 heterocycles. The summed E-state index contributed by atoms with van der Waals surface area (Å²) < 4.78 is 12.1. The van der Waals surface area contributed by atoms with Crippen molar-refractivity contribution >= 4 is 34.9 Å². The SMILES string of the molecule is Cc1cc(C)n(-c2ccc(Cl)c(C(=O)OCC(=O)Nc3ccc(N4CCOCC4)cc3)n2)n1. The second-order valence-electron chi connectivity index (χ2n) is 7.61. The molecule has 0 atom stereocenters. The van der Waals surface area contributed by atoms with Crippen LogP contribution in [-0.4, -0.2) is 59.6 Å². The first-order valence-electron chi connectivity index (χ1n) is 10.5. The molecular weight excluding hydrogens is 446 g/mol. The molecule has 0 aliphatic carbocycles. The summed E-state index contributed by atoms with van der Waals surface area (Å²) in [6.45, 7) is 6.35. The number of hydrogen-bond acceptors (Lipinski definition) is 7. The van der Waals surface area contributed by atoms with Crippen molar-refractivity contribution in [2.45, 2.75) is 13.8 Å². The van der Waals surface area contributed by atoms with Crippen molar-refractivity contribution < 1.29 is 19.1 Å². The predicted octanol–water partition coefficient (Wildman–Crippen LogP) is 3.17. The molecule has 10 heteroatoms. The number of rotatable bonds is 6. The van der Waals surface area contributed by atoms with Crippen molar-refractivity contribution in [3.8, 4) is 5.82 Å². The average Bonchev–Trinajstić information content (AvgIpc) is 3.16. The van der Waals surface area contributed by atoms with Crippen molar-refractivity contribution in [1.29, 1.82) is 0 Å². The van der Waals surface area contributed by atoms with Gasteiger partial charge in [-0.1, -0.05) is 11.6 Å². The highest BCUT2D eigenvalue weighted by Gasteiger charge is 2.18. The predicted molar refractivity (Wildman–Crippen MR) is 124 cm³/mol. The van der Waals surface area contributed by atoms with Gasteiger partial charge < -0.3 is 19.7 Å². The third-order valence-corrected chi connectivity index (χ3v) is 5.42. The zero-order valence-electron chi connectivity index (χ0n) is 18.4. The number of benzene rings is 1. The Balaban J connectivity index is 1.35. The normalized spacial score (nSPS) is 13.6. The van der Waals surface area contributed by atoms with Gasteiger partial charge in [-0.05, 0) is 56.3 Å². The van der Waals surface area contributed by atoms with Crippen molar-refractivity contribution in [3.05, 3.63) is 64.6 Å². The van der Waals surface area contributed by atoms with Crippen LogP contribution in [0.15, 0.2) is 42.5 Å². The molecule has 3 aromatic rings. The number of amides is 1. The summed E-state index contributed by atoms with van der Waals surface area (Å²) >= 11 is 6.14. The second-order valence-corrected chi connectivity index (χ2v) is 8.02. The molecule has 1 aliphatic heterocycles. The van der Waals surface area contributed by atoms with E-state index in [-0.39, 0.29) is 10.7 Å². The molecule has 0 spiro atoms. The number of morpholine rings is 1. The monoisotopic (exact) mass is 469 g/mol. The zero-order chi connectivity index (χ0) is 23.4. The van der Waals surface area contributed by atoms with E-state index in [0.717, 1.165) is 30.2 Å². The van der Waals surface area contributed by atoms with Crippen LogP contribution in [0.4, 0.5) is 11.4 Å². The molecule has 1 saturated heterocycles. The van der Waals surface area contributed by atoms with Gasteiger partial charge in [0.1, 0.15) is 0 Å². The lowest BCUT2D eigenvalue weighted by Gasteiger charge is -2.28. The summed E-state index contributed by atoms with van der Waals surface area (Å²) in [5.74, 6) is -0.823. The first-order valence-corrected chi connectivity index (χ1v) is 10.9. The number of aryl methyl sites for hydroxylation is 2. The van der Waals surface area contributed by atoms with E-state index in [0.29, 0.717) is 24.7 Å². The van der Waals surface area contributed by atoms with Gasteiger partial charge in [-0.3, -0.25) is 4.79 Å². The quantitative estimate of drug-likeness (QED) is 0.553. The van der Waals surface area contributed by atoms with Gasteiger partial charge in [-0.2, -0.15) is 5.10 Å². The number of anilines is 2. The molecule has 9 nitrogen and oxygen atoms in total. The first-order chi connectivity index (χ1) is 15.9. The van der Waals surface area contributed by atoms with Gasteiger partial charge >= 0.3 is 5.97 Å². The maximum absolute atomic E-state index is 12.5. The number of pyridine rings is 1. The van der Waals surface area contributed by atoms with Gasteiger partial charge in [0.25, 0.3) is 5.91 Å². The summed E-state index contributed by atoms with van der Waals surface area (Å²) in [5, 5.41) is 7.20. The topological polar surface area (TPSA) is 98.6 Å². The fourth-order valence-electron chi connectivity index (χ4n) is 3.53. The number of carbonyl (C=O) groups excluding carboxylic acids is 2. The highest BCUT2D eigenvalue weighted by atomic mass is 35.5. The number of ether oxygens (including phenoxy) is 2. The Bertz CT molecular complexity index is 1160. The third kappa shape index (κ3) is 5.50. The number of nitrogens with one attached hydrogen (secondary N) is 1. The summed E-state index contributed by atoms with van der Waals surface area (Å²) in [5.41, 5.74) is 3.27. The Morgan fingerprint density at radius 2 is 1.85 bits per heavy atom. The van der Waals surface area contributed by atoms with Crippen LogP contribution in [0.1, 0.15) is 21.9 Å². The summed E-state index contributed by atoms with van der Waals surface area (Å²) in [6, 6.07) is 12.6. The molecule has 1 aromatic carbocycles. The van der Waals surface area contributed by atoms with Gasteiger partial charge in [0.15, 0.2) is 18.1 Å². The van der Waals surface area contributed by atoms with E-state index in [1.165, 1.54) is 0 Å². The maximum atomic E-state index is 12.5. The second kappa shape index (κ2) is 10.0. The minimum absolute atomic E-state index is 0.0793. The van der Waals surface area contributed by atoms with E-state index in [2.05, 4.69) is 20.3 Å². The van der Waals surface area contributed by atoms with Gasteiger partial charge in [-0.15, -0.1) is 0 Å². The Morgan fingerprint density at radius 1 is 1.12 bits per heavy atom. The minimum Gasteiger partial charge on any atom is -0.451 e. The highest BCUT2D eigenvalue weighted by Crippen LogP contribution is 2.20. The van der Waals surface area contributed by atoms with Crippen LogP contribution in [0.2, 0.25) is 5.02 Å². The van der Waals surface area contributed by atoms with Crippen molar-refractivity contribution in [1.82, 2.24) is 14.8 Å². The molecule has 0 unspecified atom stereocenters. The largest absolute Gasteiger partial charge is 0.451 e. The number of hydrogen-bond donors (Lipinski definition) is 1. The molecule has 1 N–H and O–H groups in total. The molecule has 2 aromatic heterocycles. The lowest BCUT2D eigenvalue weighted by molar-refractivity contribution is -0.119. The zero-order valence-corrected chi connectivity index (χ0v) is 19.1. The van der Waals surface area contributed by atoms with Gasteiger partial charge in [0.05, 0.1) is 23.9 Å². The Labute approximate surface area is 196 Å². The first kappa shape index (κ1) is 22.8. The van der Waals surface area contributed by atoms with Crippen LogP contribution in [0.25, 0.3) is 5.82 Å². The highest BCUT2D eigenvalue weighted by molar-refractivity contribution is 6.33. The van der Waals surface area contributed by atoms with E-state index in [9.17, 15) is 9.59 Å². The van der Waals surface area contributed by atoms with Crippen LogP contribution in [0.3, 0.4) is 0 Å². The Morgan fingerprint density at radius 3 is 2.52 bits per heavy atom. The smallest absolute Gasteiger partial charge is 0.359 e. The Hall–Kier alpha value is -3.43. The minimum atomic E-state index is -0.791. The molecule has 1 aliphatic rings. The van der Waals surface area contributed by atoms with E-state index < -0.39 is 18.5 Å². The molecule has 1 fully saturated rings. The van der Waals surface area contributed by atoms with E-state index >= 15 is 0 Å². The van der Waals surface area contributed by atoms with Gasteiger partial charge in [0.2, 0.25) is 0 Å². The molecule has 0 bridgehead atoms. The lowest BCUT2D eigenvalue weighted by atomic mass is 10.2.